The molecule has 5 atom stereocenters. The van der Waals surface area contributed by atoms with Crippen LogP contribution in [0.4, 0.5) is 0 Å². The van der Waals surface area contributed by atoms with Crippen molar-refractivity contribution >= 4 is 0 Å². The highest BCUT2D eigenvalue weighted by molar-refractivity contribution is 5.11. The average Bonchev–Trinajstić information content (AvgIpc) is 2.50. The molecule has 17 heavy (non-hydrogen) atoms. The van der Waals surface area contributed by atoms with Crippen LogP contribution in [-0.4, -0.2) is 42.1 Å². The highest BCUT2D eigenvalue weighted by Gasteiger charge is 2.44. The van der Waals surface area contributed by atoms with E-state index >= 15 is 0 Å². The van der Waals surface area contributed by atoms with E-state index in [1.54, 1.807) is 5.57 Å². The average molecular weight is 234 g/mol. The van der Waals surface area contributed by atoms with Gasteiger partial charge in [-0.2, -0.15) is 0 Å². The Labute approximate surface area is 106 Å². The fourth-order valence-electron chi connectivity index (χ4n) is 4.56. The van der Waals surface area contributed by atoms with E-state index in [1.807, 2.05) is 0 Å². The third-order valence-electron chi connectivity index (χ3n) is 5.11. The molecule has 0 aromatic carbocycles. The first-order valence-electron chi connectivity index (χ1n) is 7.32. The van der Waals surface area contributed by atoms with Crippen LogP contribution in [0.2, 0.25) is 0 Å². The summed E-state index contributed by atoms with van der Waals surface area (Å²) in [5.41, 5.74) is 1.61. The molecule has 2 bridgehead atoms. The molecule has 0 saturated carbocycles. The lowest BCUT2D eigenvalue weighted by Crippen LogP contribution is -2.53. The number of hydrogen-bond acceptors (Lipinski definition) is 2. The fourth-order valence-corrected chi connectivity index (χ4v) is 4.56. The number of fused-ring (bicyclic) bond motifs is 2. The van der Waals surface area contributed by atoms with Crippen LogP contribution in [-0.2, 0) is 0 Å². The Hall–Kier alpha value is -0.340. The van der Waals surface area contributed by atoms with Crippen LogP contribution in [0.5, 0.6) is 0 Å². The van der Waals surface area contributed by atoms with Gasteiger partial charge in [0.05, 0.1) is 6.17 Å². The second kappa shape index (κ2) is 4.40. The second-order valence-electron chi connectivity index (χ2n) is 6.47. The molecule has 0 spiro atoms. The van der Waals surface area contributed by atoms with Crippen LogP contribution in [0.3, 0.4) is 0 Å². The molecule has 2 aliphatic heterocycles. The molecule has 0 amide bonds. The molecule has 2 heterocycles. The van der Waals surface area contributed by atoms with Crippen LogP contribution < -0.4 is 0 Å². The van der Waals surface area contributed by atoms with Gasteiger partial charge in [0.15, 0.2) is 0 Å². The maximum Gasteiger partial charge on any atom is 0.0660 e. The van der Waals surface area contributed by atoms with E-state index in [4.69, 9.17) is 0 Å². The second-order valence-corrected chi connectivity index (χ2v) is 6.47. The molecular weight excluding hydrogens is 208 g/mol. The largest absolute Gasteiger partial charge is 0.286 e. The number of rotatable bonds is 1. The highest BCUT2D eigenvalue weighted by atomic mass is 15.4. The molecule has 3 rings (SSSR count). The smallest absolute Gasteiger partial charge is 0.0660 e. The summed E-state index contributed by atoms with van der Waals surface area (Å²) in [6, 6.07) is 0. The summed E-state index contributed by atoms with van der Waals surface area (Å²) in [6.45, 7) is 12.5. The minimum Gasteiger partial charge on any atom is -0.286 e. The van der Waals surface area contributed by atoms with Gasteiger partial charge in [-0.15, -0.1) is 0 Å². The number of hydrogen-bond donors (Lipinski definition) is 0. The van der Waals surface area contributed by atoms with Crippen molar-refractivity contribution in [3.05, 3.63) is 11.6 Å². The van der Waals surface area contributed by atoms with E-state index in [-0.39, 0.29) is 0 Å². The van der Waals surface area contributed by atoms with Crippen molar-refractivity contribution in [2.75, 3.05) is 26.2 Å². The topological polar surface area (TPSA) is 6.48 Å². The third-order valence-corrected chi connectivity index (χ3v) is 5.11. The van der Waals surface area contributed by atoms with Crippen molar-refractivity contribution in [2.45, 2.75) is 39.8 Å². The standard InChI is InChI=1S/C15H26N2/c1-11-9-12(2)14(13(3)10-11)15-16-5-4-6-17(15)8-7-16/h9,12-15H,4-8,10H2,1-3H3/t12-,13-,14+/m0/s1. The van der Waals surface area contributed by atoms with Crippen molar-refractivity contribution < 1.29 is 0 Å². The van der Waals surface area contributed by atoms with Crippen molar-refractivity contribution in [1.29, 1.82) is 0 Å². The van der Waals surface area contributed by atoms with Crippen LogP contribution in [0.15, 0.2) is 11.6 Å². The van der Waals surface area contributed by atoms with Gasteiger partial charge in [0.25, 0.3) is 0 Å². The normalized spacial score (nSPS) is 50.2. The zero-order valence-electron chi connectivity index (χ0n) is 11.5. The molecule has 96 valence electrons. The minimum atomic E-state index is 0.748. The van der Waals surface area contributed by atoms with Gasteiger partial charge in [-0.05, 0) is 37.5 Å². The summed E-state index contributed by atoms with van der Waals surface area (Å²) in [4.78, 5) is 5.49. The first-order valence-corrected chi connectivity index (χ1v) is 7.32. The van der Waals surface area contributed by atoms with Crippen molar-refractivity contribution in [3.63, 3.8) is 0 Å². The fraction of sp³-hybridized carbons (Fsp3) is 0.867. The van der Waals surface area contributed by atoms with Crippen LogP contribution >= 0.6 is 0 Å². The summed E-state index contributed by atoms with van der Waals surface area (Å²) in [6.07, 6.45) is 5.97. The van der Waals surface area contributed by atoms with Gasteiger partial charge >= 0.3 is 0 Å². The quantitative estimate of drug-likeness (QED) is 0.643. The SMILES string of the molecule is CC1=C[C@H](C)[C@@H](C2N3CCCN2CC3)[C@@H](C)C1. The first-order chi connectivity index (χ1) is 8.16. The Kier molecular flexibility index (Phi) is 3.04. The monoisotopic (exact) mass is 234 g/mol. The maximum absolute atomic E-state index is 2.75. The van der Waals surface area contributed by atoms with E-state index < -0.39 is 0 Å². The Morgan fingerprint density at radius 3 is 2.29 bits per heavy atom. The van der Waals surface area contributed by atoms with Gasteiger partial charge in [0, 0.05) is 26.2 Å². The summed E-state index contributed by atoms with van der Waals surface area (Å²) in [7, 11) is 0. The molecule has 2 saturated heterocycles. The van der Waals surface area contributed by atoms with Crippen LogP contribution in [0.1, 0.15) is 33.6 Å². The van der Waals surface area contributed by atoms with Gasteiger partial charge in [-0.3, -0.25) is 9.80 Å². The molecule has 0 N–H and O–H groups in total. The molecule has 0 aromatic rings. The Morgan fingerprint density at radius 1 is 1.06 bits per heavy atom. The van der Waals surface area contributed by atoms with E-state index in [0.717, 1.165) is 23.9 Å². The molecule has 0 aromatic heterocycles. The lowest BCUT2D eigenvalue weighted by molar-refractivity contribution is 0.00332. The third kappa shape index (κ3) is 1.96. The van der Waals surface area contributed by atoms with Gasteiger partial charge < -0.3 is 0 Å². The molecule has 0 radical (unpaired) electrons. The molecular formula is C15H26N2. The molecule has 2 unspecified atom stereocenters. The first kappa shape index (κ1) is 11.7. The molecule has 2 nitrogen and oxygen atoms in total. The highest BCUT2D eigenvalue weighted by Crippen LogP contribution is 2.40. The van der Waals surface area contributed by atoms with E-state index in [1.165, 1.54) is 39.0 Å². The number of allylic oxidation sites excluding steroid dienone is 2. The predicted molar refractivity (Wildman–Crippen MR) is 71.7 cm³/mol. The minimum absolute atomic E-state index is 0.748. The molecule has 2 fully saturated rings. The van der Waals surface area contributed by atoms with E-state index in [0.29, 0.717) is 0 Å². The van der Waals surface area contributed by atoms with Crippen LogP contribution in [0.25, 0.3) is 0 Å². The molecule has 2 heteroatoms. The predicted octanol–water partition coefficient (Wildman–Crippen LogP) is 2.57. The lowest BCUT2D eigenvalue weighted by Gasteiger charge is -2.46. The Balaban J connectivity index is 1.84. The molecule has 3 aliphatic rings. The van der Waals surface area contributed by atoms with Crippen molar-refractivity contribution in [3.8, 4) is 0 Å². The zero-order valence-corrected chi connectivity index (χ0v) is 11.5. The summed E-state index contributed by atoms with van der Waals surface area (Å²) >= 11 is 0. The number of nitrogens with zero attached hydrogens (tertiary/aromatic N) is 2. The van der Waals surface area contributed by atoms with Gasteiger partial charge in [0.2, 0.25) is 0 Å². The van der Waals surface area contributed by atoms with Gasteiger partial charge in [-0.1, -0.05) is 25.5 Å². The Morgan fingerprint density at radius 2 is 1.71 bits per heavy atom. The van der Waals surface area contributed by atoms with Crippen LogP contribution in [0, 0.1) is 17.8 Å². The maximum atomic E-state index is 2.75. The van der Waals surface area contributed by atoms with Crippen molar-refractivity contribution in [2.24, 2.45) is 17.8 Å². The van der Waals surface area contributed by atoms with E-state index in [9.17, 15) is 0 Å². The summed E-state index contributed by atoms with van der Waals surface area (Å²) in [5, 5.41) is 0. The van der Waals surface area contributed by atoms with Crippen molar-refractivity contribution in [1.82, 2.24) is 9.80 Å². The molecule has 1 aliphatic carbocycles. The lowest BCUT2D eigenvalue weighted by atomic mass is 9.72. The zero-order chi connectivity index (χ0) is 12.0. The summed E-state index contributed by atoms with van der Waals surface area (Å²) < 4.78 is 0. The van der Waals surface area contributed by atoms with E-state index in [2.05, 4.69) is 36.6 Å². The Bertz CT molecular complexity index is 307. The van der Waals surface area contributed by atoms with Gasteiger partial charge in [0.1, 0.15) is 0 Å². The van der Waals surface area contributed by atoms with Gasteiger partial charge in [-0.25, -0.2) is 0 Å². The summed E-state index contributed by atoms with van der Waals surface area (Å²) in [5.74, 6) is 2.45.